The average Bonchev–Trinajstić information content (AvgIpc) is 2.84. The van der Waals surface area contributed by atoms with Crippen LogP contribution >= 0.6 is 34.5 Å². The molecule has 23 heavy (non-hydrogen) atoms. The van der Waals surface area contributed by atoms with Crippen LogP contribution in [0.1, 0.15) is 43.8 Å². The third kappa shape index (κ3) is 4.93. The van der Waals surface area contributed by atoms with Crippen molar-refractivity contribution < 1.29 is 4.79 Å². The highest BCUT2D eigenvalue weighted by Crippen LogP contribution is 2.34. The fourth-order valence-corrected chi connectivity index (χ4v) is 3.49. The van der Waals surface area contributed by atoms with Crippen molar-refractivity contribution in [2.24, 2.45) is 0 Å². The van der Waals surface area contributed by atoms with Gasteiger partial charge in [-0.15, -0.1) is 22.9 Å². The fraction of sp³-hybridized carbons (Fsp3) is 0.412. The van der Waals surface area contributed by atoms with E-state index in [9.17, 15) is 4.79 Å². The summed E-state index contributed by atoms with van der Waals surface area (Å²) in [6, 6.07) is 7.78. The minimum atomic E-state index is -0.586. The lowest BCUT2D eigenvalue weighted by atomic mass is 9.90. The van der Waals surface area contributed by atoms with Crippen LogP contribution in [0.2, 0.25) is 5.02 Å². The molecule has 0 saturated carbocycles. The molecule has 1 amide bonds. The third-order valence-electron chi connectivity index (χ3n) is 3.28. The van der Waals surface area contributed by atoms with Crippen LogP contribution in [0.3, 0.4) is 0 Å². The zero-order valence-corrected chi connectivity index (χ0v) is 15.9. The Morgan fingerprint density at radius 3 is 2.43 bits per heavy atom. The summed E-state index contributed by atoms with van der Waals surface area (Å²) in [4.78, 5) is 17.5. The number of carbonyl (C=O) groups is 1. The molecule has 0 aliphatic carbocycles. The lowest BCUT2D eigenvalue weighted by Crippen LogP contribution is -2.20. The van der Waals surface area contributed by atoms with Crippen LogP contribution in [0.15, 0.2) is 24.3 Å². The van der Waals surface area contributed by atoms with Crippen molar-refractivity contribution in [1.82, 2.24) is 4.98 Å². The second-order valence-corrected chi connectivity index (χ2v) is 8.62. The Balaban J connectivity index is 2.31. The Morgan fingerprint density at radius 1 is 1.30 bits per heavy atom. The lowest BCUT2D eigenvalue weighted by Gasteiger charge is -2.17. The summed E-state index contributed by atoms with van der Waals surface area (Å²) in [7, 11) is 0. The Bertz CT molecular complexity index is 688. The van der Waals surface area contributed by atoms with Gasteiger partial charge in [-0.3, -0.25) is 4.79 Å². The second kappa shape index (κ2) is 7.20. The quantitative estimate of drug-likeness (QED) is 0.746. The molecule has 1 heterocycles. The van der Waals surface area contributed by atoms with Gasteiger partial charge < -0.3 is 5.32 Å². The van der Waals surface area contributed by atoms with E-state index in [1.807, 2.05) is 24.3 Å². The van der Waals surface area contributed by atoms with E-state index in [1.165, 1.54) is 11.3 Å². The summed E-state index contributed by atoms with van der Waals surface area (Å²) in [5.74, 6) is -0.237. The van der Waals surface area contributed by atoms with Crippen LogP contribution in [0.5, 0.6) is 0 Å². The molecular weight excluding hydrogens is 351 g/mol. The molecule has 0 saturated heterocycles. The van der Waals surface area contributed by atoms with Crippen molar-refractivity contribution in [3.8, 4) is 0 Å². The number of nitrogens with one attached hydrogen (secondary N) is 1. The number of benzene rings is 1. The standard InChI is InChI=1S/C17H20Cl2N2OS/c1-10(18)15(22)21-16-20-14(17(2,3)4)13(23-16)9-11-5-7-12(19)8-6-11/h5-8,10H,9H2,1-4H3,(H,20,21,22). The largest absolute Gasteiger partial charge is 0.301 e. The Morgan fingerprint density at radius 2 is 1.91 bits per heavy atom. The summed E-state index contributed by atoms with van der Waals surface area (Å²) < 4.78 is 0. The van der Waals surface area contributed by atoms with Gasteiger partial charge in [0.25, 0.3) is 0 Å². The number of anilines is 1. The zero-order valence-electron chi connectivity index (χ0n) is 13.6. The number of hydrogen-bond acceptors (Lipinski definition) is 3. The maximum absolute atomic E-state index is 11.8. The van der Waals surface area contributed by atoms with E-state index in [2.05, 4.69) is 31.1 Å². The van der Waals surface area contributed by atoms with Gasteiger partial charge in [0.15, 0.2) is 5.13 Å². The first kappa shape index (κ1) is 18.2. The van der Waals surface area contributed by atoms with E-state index in [-0.39, 0.29) is 11.3 Å². The molecule has 6 heteroatoms. The van der Waals surface area contributed by atoms with E-state index in [0.29, 0.717) is 5.13 Å². The molecule has 0 fully saturated rings. The molecule has 1 unspecified atom stereocenters. The van der Waals surface area contributed by atoms with Gasteiger partial charge >= 0.3 is 0 Å². The molecule has 0 aliphatic heterocycles. The molecule has 2 rings (SSSR count). The van der Waals surface area contributed by atoms with Gasteiger partial charge in [0.1, 0.15) is 5.38 Å². The minimum Gasteiger partial charge on any atom is -0.301 e. The number of carbonyl (C=O) groups excluding carboxylic acids is 1. The molecule has 0 spiro atoms. The predicted molar refractivity (Wildman–Crippen MR) is 99.0 cm³/mol. The number of hydrogen-bond donors (Lipinski definition) is 1. The highest BCUT2D eigenvalue weighted by molar-refractivity contribution is 7.16. The molecule has 1 atom stereocenters. The summed E-state index contributed by atoms with van der Waals surface area (Å²) >= 11 is 13.2. The van der Waals surface area contributed by atoms with E-state index < -0.39 is 5.38 Å². The maximum atomic E-state index is 11.8. The molecule has 1 aromatic carbocycles. The summed E-state index contributed by atoms with van der Waals surface area (Å²) in [6.07, 6.45) is 0.758. The molecule has 2 aromatic rings. The minimum absolute atomic E-state index is 0.103. The van der Waals surface area contributed by atoms with Gasteiger partial charge in [-0.05, 0) is 24.6 Å². The van der Waals surface area contributed by atoms with Crippen LogP contribution in [0.25, 0.3) is 0 Å². The zero-order chi connectivity index (χ0) is 17.2. The Kier molecular flexibility index (Phi) is 5.71. The normalized spacial score (nSPS) is 13.0. The number of nitrogens with zero attached hydrogens (tertiary/aromatic N) is 1. The number of aromatic nitrogens is 1. The molecule has 1 N–H and O–H groups in total. The van der Waals surface area contributed by atoms with Gasteiger partial charge in [-0.1, -0.05) is 44.5 Å². The van der Waals surface area contributed by atoms with Gasteiger partial charge in [-0.2, -0.15) is 0 Å². The summed E-state index contributed by atoms with van der Waals surface area (Å²) in [5, 5.41) is 3.51. The Labute approximate surface area is 151 Å². The van der Waals surface area contributed by atoms with Gasteiger partial charge in [0, 0.05) is 21.7 Å². The number of alkyl halides is 1. The predicted octanol–water partition coefficient (Wildman–Crippen LogP) is 5.25. The highest BCUT2D eigenvalue weighted by atomic mass is 35.5. The van der Waals surface area contributed by atoms with Crippen molar-refractivity contribution in [1.29, 1.82) is 0 Å². The second-order valence-electron chi connectivity index (χ2n) is 6.45. The Hall–Kier alpha value is -1.10. The van der Waals surface area contributed by atoms with E-state index in [1.54, 1.807) is 6.92 Å². The number of amides is 1. The van der Waals surface area contributed by atoms with Crippen LogP contribution in [0.4, 0.5) is 5.13 Å². The molecule has 0 radical (unpaired) electrons. The molecule has 1 aromatic heterocycles. The van der Waals surface area contributed by atoms with Crippen LogP contribution < -0.4 is 5.32 Å². The van der Waals surface area contributed by atoms with E-state index >= 15 is 0 Å². The SMILES string of the molecule is CC(Cl)C(=O)Nc1nc(C(C)(C)C)c(Cc2ccc(Cl)cc2)s1. The van der Waals surface area contributed by atoms with Gasteiger partial charge in [-0.25, -0.2) is 4.98 Å². The molecule has 0 aliphatic rings. The maximum Gasteiger partial charge on any atom is 0.243 e. The van der Waals surface area contributed by atoms with Crippen LogP contribution in [-0.2, 0) is 16.6 Å². The molecule has 3 nitrogen and oxygen atoms in total. The topological polar surface area (TPSA) is 42.0 Å². The first-order valence-corrected chi connectivity index (χ1v) is 8.99. The first-order chi connectivity index (χ1) is 10.7. The van der Waals surface area contributed by atoms with E-state index in [4.69, 9.17) is 23.2 Å². The molecule has 124 valence electrons. The van der Waals surface area contributed by atoms with Crippen molar-refractivity contribution in [2.75, 3.05) is 5.32 Å². The first-order valence-electron chi connectivity index (χ1n) is 7.36. The number of rotatable bonds is 4. The molecular formula is C17H20Cl2N2OS. The monoisotopic (exact) mass is 370 g/mol. The smallest absolute Gasteiger partial charge is 0.243 e. The number of thiazole rings is 1. The summed E-state index contributed by atoms with van der Waals surface area (Å²) in [6.45, 7) is 7.99. The highest BCUT2D eigenvalue weighted by Gasteiger charge is 2.24. The van der Waals surface area contributed by atoms with Crippen LogP contribution in [0, 0.1) is 0 Å². The average molecular weight is 371 g/mol. The van der Waals surface area contributed by atoms with Crippen LogP contribution in [-0.4, -0.2) is 16.3 Å². The van der Waals surface area contributed by atoms with Crippen molar-refractivity contribution in [3.05, 3.63) is 45.4 Å². The van der Waals surface area contributed by atoms with Crippen molar-refractivity contribution >= 4 is 45.6 Å². The van der Waals surface area contributed by atoms with Gasteiger partial charge in [0.05, 0.1) is 5.69 Å². The van der Waals surface area contributed by atoms with Crippen molar-refractivity contribution in [3.63, 3.8) is 0 Å². The molecule has 0 bridgehead atoms. The van der Waals surface area contributed by atoms with Gasteiger partial charge in [0.2, 0.25) is 5.91 Å². The lowest BCUT2D eigenvalue weighted by molar-refractivity contribution is -0.115. The summed E-state index contributed by atoms with van der Waals surface area (Å²) in [5.41, 5.74) is 2.05. The van der Waals surface area contributed by atoms with Crippen molar-refractivity contribution in [2.45, 2.75) is 44.9 Å². The number of halogens is 2. The third-order valence-corrected chi connectivity index (χ3v) is 4.70. The van der Waals surface area contributed by atoms with E-state index in [0.717, 1.165) is 27.6 Å². The fourth-order valence-electron chi connectivity index (χ4n) is 2.10.